The summed E-state index contributed by atoms with van der Waals surface area (Å²) in [6.45, 7) is 0.435. The van der Waals surface area contributed by atoms with Gasteiger partial charge in [0, 0.05) is 6.04 Å². The van der Waals surface area contributed by atoms with Gasteiger partial charge in [0.15, 0.2) is 9.84 Å². The van der Waals surface area contributed by atoms with E-state index in [1.807, 2.05) is 0 Å². The van der Waals surface area contributed by atoms with Crippen molar-refractivity contribution < 1.29 is 17.9 Å². The van der Waals surface area contributed by atoms with Gasteiger partial charge in [0.2, 0.25) is 0 Å². The molecule has 0 aliphatic carbocycles. The molecule has 1 saturated heterocycles. The second kappa shape index (κ2) is 5.18. The molecule has 1 aliphatic heterocycles. The predicted octanol–water partition coefficient (Wildman–Crippen LogP) is -0.0511. The standard InChI is InChI=1S/C9H13NO4S.ClH/c11-9-6-15(12,13)5-8(9)10-4-7-2-1-3-14-7;/h1-3,8-11H,4-6H2;1H. The van der Waals surface area contributed by atoms with Gasteiger partial charge in [-0.3, -0.25) is 0 Å². The SMILES string of the molecule is Cl.O=S1(=O)CC(O)C(NCc2ccco2)C1. The lowest BCUT2D eigenvalue weighted by molar-refractivity contribution is 0.164. The molecule has 2 N–H and O–H groups in total. The van der Waals surface area contributed by atoms with E-state index in [0.29, 0.717) is 6.54 Å². The van der Waals surface area contributed by atoms with Gasteiger partial charge >= 0.3 is 0 Å². The smallest absolute Gasteiger partial charge is 0.154 e. The van der Waals surface area contributed by atoms with E-state index in [9.17, 15) is 13.5 Å². The fourth-order valence-corrected chi connectivity index (χ4v) is 3.44. The highest BCUT2D eigenvalue weighted by atomic mass is 35.5. The summed E-state index contributed by atoms with van der Waals surface area (Å²) in [4.78, 5) is 0. The van der Waals surface area contributed by atoms with Crippen molar-refractivity contribution in [2.24, 2.45) is 0 Å². The number of hydrogen-bond donors (Lipinski definition) is 2. The van der Waals surface area contributed by atoms with Gasteiger partial charge in [-0.15, -0.1) is 12.4 Å². The molecule has 1 aromatic heterocycles. The number of halogens is 1. The van der Waals surface area contributed by atoms with Crippen LogP contribution in [0.1, 0.15) is 5.76 Å². The van der Waals surface area contributed by atoms with Crippen molar-refractivity contribution in [3.05, 3.63) is 24.2 Å². The predicted molar refractivity (Wildman–Crippen MR) is 61.2 cm³/mol. The maximum Gasteiger partial charge on any atom is 0.154 e. The first-order valence-electron chi connectivity index (χ1n) is 4.71. The van der Waals surface area contributed by atoms with Crippen LogP contribution in [0.5, 0.6) is 0 Å². The van der Waals surface area contributed by atoms with E-state index in [1.165, 1.54) is 0 Å². The average Bonchev–Trinajstić information content (AvgIpc) is 2.70. The Bertz CT molecular complexity index is 417. The molecule has 92 valence electrons. The molecule has 0 amide bonds. The Labute approximate surface area is 100 Å². The lowest BCUT2D eigenvalue weighted by Gasteiger charge is -2.13. The van der Waals surface area contributed by atoms with Crippen LogP contribution in [0.4, 0.5) is 0 Å². The Kier molecular flexibility index (Phi) is 4.37. The van der Waals surface area contributed by atoms with Crippen LogP contribution in [-0.4, -0.2) is 37.2 Å². The molecular formula is C9H14ClNO4S. The molecule has 1 aromatic rings. The number of hydrogen-bond acceptors (Lipinski definition) is 5. The van der Waals surface area contributed by atoms with Gasteiger partial charge in [-0.1, -0.05) is 0 Å². The number of nitrogens with one attached hydrogen (secondary N) is 1. The van der Waals surface area contributed by atoms with Crippen LogP contribution in [0.3, 0.4) is 0 Å². The molecule has 0 bridgehead atoms. The van der Waals surface area contributed by atoms with Crippen LogP contribution >= 0.6 is 12.4 Å². The summed E-state index contributed by atoms with van der Waals surface area (Å²) < 4.78 is 27.5. The molecule has 16 heavy (non-hydrogen) atoms. The second-order valence-electron chi connectivity index (χ2n) is 3.71. The highest BCUT2D eigenvalue weighted by Gasteiger charge is 2.35. The zero-order valence-electron chi connectivity index (χ0n) is 8.50. The lowest BCUT2D eigenvalue weighted by Crippen LogP contribution is -2.38. The van der Waals surface area contributed by atoms with Crippen molar-refractivity contribution in [2.45, 2.75) is 18.7 Å². The minimum absolute atomic E-state index is 0. The minimum atomic E-state index is -3.08. The third-order valence-corrected chi connectivity index (χ3v) is 4.16. The maximum atomic E-state index is 11.2. The molecular weight excluding hydrogens is 254 g/mol. The van der Waals surface area contributed by atoms with E-state index in [-0.39, 0.29) is 30.0 Å². The lowest BCUT2D eigenvalue weighted by atomic mass is 10.2. The molecule has 2 atom stereocenters. The van der Waals surface area contributed by atoms with Crippen LogP contribution in [0.25, 0.3) is 0 Å². The molecule has 0 aromatic carbocycles. The molecule has 0 saturated carbocycles. The van der Waals surface area contributed by atoms with Gasteiger partial charge in [0.05, 0.1) is 30.4 Å². The van der Waals surface area contributed by atoms with Crippen molar-refractivity contribution >= 4 is 22.2 Å². The van der Waals surface area contributed by atoms with Gasteiger partial charge in [0.1, 0.15) is 5.76 Å². The highest BCUT2D eigenvalue weighted by Crippen LogP contribution is 2.13. The van der Waals surface area contributed by atoms with Gasteiger partial charge in [0.25, 0.3) is 0 Å². The maximum absolute atomic E-state index is 11.2. The van der Waals surface area contributed by atoms with Crippen molar-refractivity contribution in [1.82, 2.24) is 5.32 Å². The fraction of sp³-hybridized carbons (Fsp3) is 0.556. The van der Waals surface area contributed by atoms with E-state index in [4.69, 9.17) is 4.42 Å². The summed E-state index contributed by atoms with van der Waals surface area (Å²) in [6.07, 6.45) is 0.740. The molecule has 2 unspecified atom stereocenters. The van der Waals surface area contributed by atoms with Crippen LogP contribution in [0.15, 0.2) is 22.8 Å². The second-order valence-corrected chi connectivity index (χ2v) is 5.86. The molecule has 1 fully saturated rings. The number of aliphatic hydroxyl groups is 1. The first kappa shape index (κ1) is 13.5. The van der Waals surface area contributed by atoms with Gasteiger partial charge < -0.3 is 14.8 Å². The summed E-state index contributed by atoms with van der Waals surface area (Å²) in [6, 6.07) is 3.17. The molecule has 0 radical (unpaired) electrons. The third-order valence-electron chi connectivity index (χ3n) is 2.44. The molecule has 1 aliphatic rings. The van der Waals surface area contributed by atoms with Crippen molar-refractivity contribution in [2.75, 3.05) is 11.5 Å². The largest absolute Gasteiger partial charge is 0.468 e. The number of furan rings is 1. The topological polar surface area (TPSA) is 79.5 Å². The van der Waals surface area contributed by atoms with Crippen molar-refractivity contribution in [1.29, 1.82) is 0 Å². The number of aliphatic hydroxyl groups excluding tert-OH is 1. The van der Waals surface area contributed by atoms with Crippen LogP contribution in [0.2, 0.25) is 0 Å². The minimum Gasteiger partial charge on any atom is -0.468 e. The molecule has 2 rings (SSSR count). The van der Waals surface area contributed by atoms with Crippen LogP contribution < -0.4 is 5.32 Å². The summed E-state index contributed by atoms with van der Waals surface area (Å²) >= 11 is 0. The first-order valence-corrected chi connectivity index (χ1v) is 6.53. The summed E-state index contributed by atoms with van der Waals surface area (Å²) in [7, 11) is -3.08. The number of rotatable bonds is 3. The average molecular weight is 268 g/mol. The van der Waals surface area contributed by atoms with E-state index in [1.54, 1.807) is 18.4 Å². The van der Waals surface area contributed by atoms with E-state index < -0.39 is 15.9 Å². The Morgan fingerprint density at radius 1 is 1.50 bits per heavy atom. The van der Waals surface area contributed by atoms with Crippen molar-refractivity contribution in [3.8, 4) is 0 Å². The molecule has 7 heteroatoms. The summed E-state index contributed by atoms with van der Waals surface area (Å²) in [5, 5.41) is 12.4. The normalized spacial score (nSPS) is 27.6. The summed E-state index contributed by atoms with van der Waals surface area (Å²) in [5.41, 5.74) is 0. The van der Waals surface area contributed by atoms with Crippen LogP contribution in [0, 0.1) is 0 Å². The van der Waals surface area contributed by atoms with Crippen LogP contribution in [-0.2, 0) is 16.4 Å². The highest BCUT2D eigenvalue weighted by molar-refractivity contribution is 7.91. The quantitative estimate of drug-likeness (QED) is 0.803. The van der Waals surface area contributed by atoms with Gasteiger partial charge in [-0.2, -0.15) is 0 Å². The molecule has 2 heterocycles. The molecule has 5 nitrogen and oxygen atoms in total. The van der Waals surface area contributed by atoms with Gasteiger partial charge in [-0.25, -0.2) is 8.42 Å². The Morgan fingerprint density at radius 2 is 2.25 bits per heavy atom. The molecule has 0 spiro atoms. The van der Waals surface area contributed by atoms with Gasteiger partial charge in [-0.05, 0) is 12.1 Å². The third kappa shape index (κ3) is 3.21. The van der Waals surface area contributed by atoms with Crippen molar-refractivity contribution in [3.63, 3.8) is 0 Å². The zero-order chi connectivity index (χ0) is 10.9. The fourth-order valence-electron chi connectivity index (χ4n) is 1.67. The Morgan fingerprint density at radius 3 is 2.75 bits per heavy atom. The zero-order valence-corrected chi connectivity index (χ0v) is 10.1. The number of sulfone groups is 1. The van der Waals surface area contributed by atoms with E-state index in [2.05, 4.69) is 5.32 Å². The Hall–Kier alpha value is -0.560. The Balaban J connectivity index is 0.00000128. The van der Waals surface area contributed by atoms with E-state index >= 15 is 0 Å². The van der Waals surface area contributed by atoms with E-state index in [0.717, 1.165) is 5.76 Å². The first-order chi connectivity index (χ1) is 7.07. The monoisotopic (exact) mass is 267 g/mol. The summed E-state index contributed by atoms with van der Waals surface area (Å²) in [5.74, 6) is 0.573.